The predicted molar refractivity (Wildman–Crippen MR) is 147 cm³/mol. The molecule has 3 aliphatic rings. The number of nitrogens with one attached hydrogen (secondary N) is 1. The Hall–Kier alpha value is -3.73. The summed E-state index contributed by atoms with van der Waals surface area (Å²) in [7, 11) is 2.97. The van der Waals surface area contributed by atoms with Crippen LogP contribution in [0, 0.1) is 11.8 Å². The van der Waals surface area contributed by atoms with Crippen molar-refractivity contribution in [3.63, 3.8) is 0 Å². The molecule has 2 aromatic carbocycles. The molecule has 4 atom stereocenters. The topological polar surface area (TPSA) is 74.3 Å². The van der Waals surface area contributed by atoms with Crippen molar-refractivity contribution in [2.24, 2.45) is 11.8 Å². The van der Waals surface area contributed by atoms with Crippen LogP contribution in [0.4, 0.5) is 28.9 Å². The van der Waals surface area contributed by atoms with Gasteiger partial charge in [-0.05, 0) is 55.2 Å². The molecule has 0 amide bonds. The summed E-state index contributed by atoms with van der Waals surface area (Å²) >= 11 is 0. The number of alkyl halides is 3. The fraction of sp³-hybridized carbons (Fsp3) is 0.433. The number of hydrogen-bond donors (Lipinski definition) is 2. The van der Waals surface area contributed by atoms with E-state index in [0.717, 1.165) is 23.6 Å². The van der Waals surface area contributed by atoms with Crippen molar-refractivity contribution >= 4 is 17.3 Å². The molecule has 11 heteroatoms. The van der Waals surface area contributed by atoms with Crippen LogP contribution in [0.3, 0.4) is 0 Å². The Morgan fingerprint density at radius 3 is 2.51 bits per heavy atom. The van der Waals surface area contributed by atoms with Gasteiger partial charge in [0.05, 0.1) is 44.1 Å². The number of aliphatic carboxylic acids is 1. The Morgan fingerprint density at radius 1 is 1.10 bits per heavy atom. The van der Waals surface area contributed by atoms with E-state index in [2.05, 4.69) is 10.2 Å². The standard InChI is InChI=1S/C30H33F4N3O4/c1-40-21-6-3-5-20(16-21)36-13-11-18(12-14-36)29-35-28-22(7-4-8-23(28)31)24(17-27(38)39)37(29)25-15-19(30(32,33)34)9-10-26(25)41-2/h3-10,15-16,18,22,24,28-29,35H,11-14,17H2,1-2H3,(H,38,39). The fourth-order valence-electron chi connectivity index (χ4n) is 6.33. The minimum atomic E-state index is -4.62. The predicted octanol–water partition coefficient (Wildman–Crippen LogP) is 5.63. The highest BCUT2D eigenvalue weighted by molar-refractivity contribution is 5.71. The van der Waals surface area contributed by atoms with Gasteiger partial charge < -0.3 is 24.4 Å². The molecule has 7 nitrogen and oxygen atoms in total. The highest BCUT2D eigenvalue weighted by atomic mass is 19.4. The lowest BCUT2D eigenvalue weighted by Crippen LogP contribution is -2.68. The van der Waals surface area contributed by atoms with Gasteiger partial charge in [0.15, 0.2) is 0 Å². The van der Waals surface area contributed by atoms with E-state index in [4.69, 9.17) is 9.47 Å². The second kappa shape index (κ2) is 11.6. The minimum Gasteiger partial charge on any atom is -0.497 e. The van der Waals surface area contributed by atoms with Gasteiger partial charge in [0.25, 0.3) is 0 Å². The monoisotopic (exact) mass is 575 g/mol. The van der Waals surface area contributed by atoms with Gasteiger partial charge in [-0.3, -0.25) is 10.1 Å². The second-order valence-electron chi connectivity index (χ2n) is 10.6. The van der Waals surface area contributed by atoms with Crippen molar-refractivity contribution in [1.29, 1.82) is 0 Å². The van der Waals surface area contributed by atoms with E-state index >= 15 is 4.39 Å². The van der Waals surface area contributed by atoms with E-state index in [9.17, 15) is 23.1 Å². The molecule has 2 saturated heterocycles. The molecule has 0 aromatic heterocycles. The molecule has 0 saturated carbocycles. The Morgan fingerprint density at radius 2 is 1.85 bits per heavy atom. The summed E-state index contributed by atoms with van der Waals surface area (Å²) < 4.78 is 67.6. The average molecular weight is 576 g/mol. The van der Waals surface area contributed by atoms with E-state index < -0.39 is 47.7 Å². The Kier molecular flexibility index (Phi) is 8.17. The first kappa shape index (κ1) is 28.8. The number of anilines is 2. The van der Waals surface area contributed by atoms with E-state index in [1.54, 1.807) is 18.1 Å². The fourth-order valence-corrected chi connectivity index (χ4v) is 6.33. The number of methoxy groups -OCH3 is 2. The average Bonchev–Trinajstić information content (AvgIpc) is 2.96. The summed E-state index contributed by atoms with van der Waals surface area (Å²) in [5.74, 6) is -1.38. The highest BCUT2D eigenvalue weighted by Gasteiger charge is 2.48. The van der Waals surface area contributed by atoms with Crippen LogP contribution >= 0.6 is 0 Å². The van der Waals surface area contributed by atoms with E-state index in [1.165, 1.54) is 25.3 Å². The summed E-state index contributed by atoms with van der Waals surface area (Å²) in [6, 6.07) is 9.29. The number of carbonyl (C=O) groups is 1. The summed E-state index contributed by atoms with van der Waals surface area (Å²) in [5, 5.41) is 13.3. The van der Waals surface area contributed by atoms with Gasteiger partial charge in [-0.2, -0.15) is 13.2 Å². The van der Waals surface area contributed by atoms with Crippen molar-refractivity contribution in [2.45, 2.75) is 43.7 Å². The largest absolute Gasteiger partial charge is 0.497 e. The molecule has 2 aromatic rings. The van der Waals surface area contributed by atoms with E-state index in [1.807, 2.05) is 24.3 Å². The number of allylic oxidation sites excluding steroid dienone is 2. The SMILES string of the molecule is COc1cccc(N2CCC(C3NC4C(F)=CC=CC4C(CC(=O)O)N3c3cc(C(F)(F)F)ccc3OC)CC2)c1. The molecule has 0 radical (unpaired) electrons. The van der Waals surface area contributed by atoms with Gasteiger partial charge >= 0.3 is 12.1 Å². The highest BCUT2D eigenvalue weighted by Crippen LogP contribution is 2.45. The number of carboxylic acids is 1. The van der Waals surface area contributed by atoms with Crippen molar-refractivity contribution < 1.29 is 36.9 Å². The second-order valence-corrected chi connectivity index (χ2v) is 10.6. The molecule has 220 valence electrons. The first-order valence-electron chi connectivity index (χ1n) is 13.5. The van der Waals surface area contributed by atoms with Crippen LogP contribution in [0.25, 0.3) is 0 Å². The molecule has 41 heavy (non-hydrogen) atoms. The third-order valence-electron chi connectivity index (χ3n) is 8.30. The Labute approximate surface area is 236 Å². The van der Waals surface area contributed by atoms with Crippen LogP contribution in [0.5, 0.6) is 11.5 Å². The van der Waals surface area contributed by atoms with Crippen molar-refractivity contribution in [1.82, 2.24) is 5.32 Å². The quantitative estimate of drug-likeness (QED) is 0.415. The van der Waals surface area contributed by atoms with Crippen LogP contribution in [0.15, 0.2) is 66.5 Å². The maximum Gasteiger partial charge on any atom is 0.416 e. The molecule has 2 fully saturated rings. The molecule has 0 bridgehead atoms. The third kappa shape index (κ3) is 5.86. The van der Waals surface area contributed by atoms with Gasteiger partial charge in [-0.1, -0.05) is 18.2 Å². The van der Waals surface area contributed by atoms with Crippen molar-refractivity contribution in [3.8, 4) is 11.5 Å². The number of ether oxygens (including phenoxy) is 2. The van der Waals surface area contributed by atoms with Crippen LogP contribution in [-0.2, 0) is 11.0 Å². The Balaban J connectivity index is 1.54. The van der Waals surface area contributed by atoms with Gasteiger partial charge in [0.2, 0.25) is 0 Å². The summed E-state index contributed by atoms with van der Waals surface area (Å²) in [6.45, 7) is 1.30. The zero-order valence-corrected chi connectivity index (χ0v) is 22.8. The van der Waals surface area contributed by atoms with Crippen LogP contribution in [0.1, 0.15) is 24.8 Å². The van der Waals surface area contributed by atoms with Crippen LogP contribution in [-0.4, -0.2) is 56.6 Å². The van der Waals surface area contributed by atoms with Gasteiger partial charge in [0.1, 0.15) is 17.3 Å². The lowest BCUT2D eigenvalue weighted by atomic mass is 9.78. The van der Waals surface area contributed by atoms with Gasteiger partial charge in [-0.15, -0.1) is 0 Å². The zero-order chi connectivity index (χ0) is 29.3. The smallest absolute Gasteiger partial charge is 0.416 e. The van der Waals surface area contributed by atoms with Crippen LogP contribution < -0.4 is 24.6 Å². The first-order chi connectivity index (χ1) is 19.6. The summed E-state index contributed by atoms with van der Waals surface area (Å²) in [5.41, 5.74) is 0.246. The lowest BCUT2D eigenvalue weighted by molar-refractivity contribution is -0.138. The number of rotatable bonds is 7. The Bertz CT molecular complexity index is 1320. The lowest BCUT2D eigenvalue weighted by Gasteiger charge is -2.54. The molecule has 4 unspecified atom stereocenters. The molecule has 2 heterocycles. The number of benzene rings is 2. The molecule has 2 N–H and O–H groups in total. The number of fused-ring (bicyclic) bond motifs is 1. The molecular weight excluding hydrogens is 542 g/mol. The number of hydrogen-bond acceptors (Lipinski definition) is 6. The maximum absolute atomic E-state index is 15.2. The minimum absolute atomic E-state index is 0.118. The molecule has 5 rings (SSSR count). The normalized spacial score (nSPS) is 25.0. The van der Waals surface area contributed by atoms with Crippen molar-refractivity contribution in [2.75, 3.05) is 37.1 Å². The third-order valence-corrected chi connectivity index (χ3v) is 8.30. The number of carboxylic acid groups (broad SMARTS) is 1. The maximum atomic E-state index is 15.2. The van der Waals surface area contributed by atoms with Crippen molar-refractivity contribution in [3.05, 3.63) is 72.1 Å². The molecule has 2 aliphatic heterocycles. The first-order valence-corrected chi connectivity index (χ1v) is 13.5. The summed E-state index contributed by atoms with van der Waals surface area (Å²) in [4.78, 5) is 16.0. The number of halogens is 4. The molecule has 1 aliphatic carbocycles. The summed E-state index contributed by atoms with van der Waals surface area (Å²) in [6.07, 6.45) is 0.233. The van der Waals surface area contributed by atoms with E-state index in [0.29, 0.717) is 25.9 Å². The van der Waals surface area contributed by atoms with Gasteiger partial charge in [0, 0.05) is 36.8 Å². The van der Waals surface area contributed by atoms with E-state index in [-0.39, 0.29) is 23.8 Å². The zero-order valence-electron chi connectivity index (χ0n) is 22.8. The van der Waals surface area contributed by atoms with Gasteiger partial charge in [-0.25, -0.2) is 4.39 Å². The molecule has 0 spiro atoms. The number of piperidine rings is 1. The number of nitrogens with zero attached hydrogens (tertiary/aromatic N) is 2. The van der Waals surface area contributed by atoms with Crippen LogP contribution in [0.2, 0.25) is 0 Å². The molecular formula is C30H33F4N3O4.